The Kier molecular flexibility index (Phi) is 10.0. The van der Waals surface area contributed by atoms with Gasteiger partial charge < -0.3 is 9.47 Å². The van der Waals surface area contributed by atoms with E-state index in [1.54, 1.807) is 6.92 Å². The maximum absolute atomic E-state index is 13.5. The molecule has 0 N–H and O–H groups in total. The highest BCUT2D eigenvalue weighted by Gasteiger charge is 2.59. The summed E-state index contributed by atoms with van der Waals surface area (Å²) in [5.74, 6) is -8.21. The van der Waals surface area contributed by atoms with Crippen molar-refractivity contribution < 1.29 is 41.0 Å². The van der Waals surface area contributed by atoms with Gasteiger partial charge in [-0.15, -0.1) is 0 Å². The fourth-order valence-electron chi connectivity index (χ4n) is 3.77. The fourth-order valence-corrected chi connectivity index (χ4v) is 3.77. The summed E-state index contributed by atoms with van der Waals surface area (Å²) in [5, 5.41) is 0. The molecule has 0 saturated heterocycles. The van der Waals surface area contributed by atoms with Gasteiger partial charge in [-0.25, -0.2) is 0 Å². The van der Waals surface area contributed by atoms with E-state index < -0.39 is 53.0 Å². The van der Waals surface area contributed by atoms with E-state index in [4.69, 9.17) is 4.74 Å². The van der Waals surface area contributed by atoms with Crippen molar-refractivity contribution in [1.82, 2.24) is 0 Å². The molecule has 0 amide bonds. The number of ether oxygens (including phenoxy) is 2. The molecule has 0 heterocycles. The van der Waals surface area contributed by atoms with Crippen LogP contribution in [-0.2, 0) is 19.1 Å². The average Bonchev–Trinajstić information content (AvgIpc) is 2.64. The van der Waals surface area contributed by atoms with Gasteiger partial charge in [-0.05, 0) is 50.9 Å². The van der Waals surface area contributed by atoms with Gasteiger partial charge in [0.1, 0.15) is 5.60 Å². The molecule has 0 spiro atoms. The second-order valence-corrected chi connectivity index (χ2v) is 11.0. The van der Waals surface area contributed by atoms with Gasteiger partial charge in [0, 0.05) is 0 Å². The first-order valence-corrected chi connectivity index (χ1v) is 11.4. The van der Waals surface area contributed by atoms with E-state index in [2.05, 4.69) is 4.74 Å². The first-order valence-electron chi connectivity index (χ1n) is 11.4. The fraction of sp³-hybridized carbons (Fsp3) is 0.917. The third-order valence-corrected chi connectivity index (χ3v) is 7.32. The molecule has 0 aliphatic rings. The van der Waals surface area contributed by atoms with Crippen molar-refractivity contribution in [3.63, 3.8) is 0 Å². The number of rotatable bonds is 12. The third-order valence-electron chi connectivity index (χ3n) is 7.32. The second kappa shape index (κ2) is 10.5. The summed E-state index contributed by atoms with van der Waals surface area (Å²) in [5.41, 5.74) is -3.08. The van der Waals surface area contributed by atoms with E-state index >= 15 is 0 Å². The lowest BCUT2D eigenvalue weighted by atomic mass is 9.58. The van der Waals surface area contributed by atoms with E-state index in [0.29, 0.717) is 12.8 Å². The molecule has 0 radical (unpaired) electrons. The molecule has 9 heteroatoms. The number of carbonyl (C=O) groups excluding carboxylic acids is 2. The van der Waals surface area contributed by atoms with Crippen LogP contribution in [0.5, 0.6) is 0 Å². The molecule has 0 aliphatic heterocycles. The molecule has 0 aromatic carbocycles. The van der Waals surface area contributed by atoms with Gasteiger partial charge >= 0.3 is 24.0 Å². The molecule has 0 saturated carbocycles. The summed E-state index contributed by atoms with van der Waals surface area (Å²) >= 11 is 0. The second-order valence-electron chi connectivity index (χ2n) is 11.0. The highest BCUT2D eigenvalue weighted by molar-refractivity contribution is 5.79. The quantitative estimate of drug-likeness (QED) is 0.213. The molecule has 196 valence electrons. The Bertz CT molecular complexity index is 683. The Morgan fingerprint density at radius 1 is 0.818 bits per heavy atom. The van der Waals surface area contributed by atoms with E-state index in [1.807, 2.05) is 48.5 Å². The van der Waals surface area contributed by atoms with E-state index in [9.17, 15) is 31.5 Å². The zero-order chi connectivity index (χ0) is 26.7. The normalized spacial score (nSPS) is 16.7. The Hall–Kier alpha value is -1.41. The SMILES string of the molecule is CCC(C(=O)OCC(F)(F)C(F)(F)F)C(C)(C)OC(=O)C(C)(CC(C)(C)CC)C(C)(C)CC. The van der Waals surface area contributed by atoms with Crippen molar-refractivity contribution in [2.24, 2.45) is 22.2 Å². The minimum absolute atomic E-state index is 0.0189. The van der Waals surface area contributed by atoms with Crippen LogP contribution < -0.4 is 0 Å². The van der Waals surface area contributed by atoms with Crippen LogP contribution in [0.15, 0.2) is 0 Å². The van der Waals surface area contributed by atoms with Crippen molar-refractivity contribution in [1.29, 1.82) is 0 Å². The molecule has 0 fully saturated rings. The van der Waals surface area contributed by atoms with Crippen LogP contribution in [-0.4, -0.2) is 36.2 Å². The van der Waals surface area contributed by atoms with Gasteiger partial charge in [-0.3, -0.25) is 9.59 Å². The summed E-state index contributed by atoms with van der Waals surface area (Å²) in [7, 11) is 0. The molecule has 4 nitrogen and oxygen atoms in total. The summed E-state index contributed by atoms with van der Waals surface area (Å²) in [6.07, 6.45) is -3.83. The molecule has 0 aromatic rings. The highest BCUT2D eigenvalue weighted by atomic mass is 19.4. The van der Waals surface area contributed by atoms with Crippen LogP contribution in [0.25, 0.3) is 0 Å². The van der Waals surface area contributed by atoms with E-state index in [0.717, 1.165) is 6.42 Å². The number of hydrogen-bond donors (Lipinski definition) is 0. The van der Waals surface area contributed by atoms with E-state index in [1.165, 1.54) is 13.8 Å². The zero-order valence-electron chi connectivity index (χ0n) is 21.6. The van der Waals surface area contributed by atoms with Crippen LogP contribution in [0.2, 0.25) is 0 Å². The van der Waals surface area contributed by atoms with Crippen LogP contribution in [0, 0.1) is 22.2 Å². The number of esters is 2. The van der Waals surface area contributed by atoms with Gasteiger partial charge in [0.25, 0.3) is 0 Å². The van der Waals surface area contributed by atoms with Crippen molar-refractivity contribution >= 4 is 11.9 Å². The molecule has 0 aliphatic carbocycles. The van der Waals surface area contributed by atoms with Gasteiger partial charge in [0.15, 0.2) is 6.61 Å². The third kappa shape index (κ3) is 7.54. The van der Waals surface area contributed by atoms with Crippen molar-refractivity contribution in [2.45, 2.75) is 113 Å². The molecular formula is C24H41F5O4. The summed E-state index contributed by atoms with van der Waals surface area (Å²) in [4.78, 5) is 26.0. The van der Waals surface area contributed by atoms with Gasteiger partial charge in [0.05, 0.1) is 11.3 Å². The molecule has 33 heavy (non-hydrogen) atoms. The minimum Gasteiger partial charge on any atom is -0.459 e. The molecule has 0 rings (SSSR count). The first-order chi connectivity index (χ1) is 14.5. The molecule has 2 atom stereocenters. The smallest absolute Gasteiger partial charge is 0.456 e. The standard InChI is InChI=1S/C24H41F5O4/c1-11-16(17(30)32-15-23(25,26)24(27,28)29)21(8,9)33-18(31)22(10,20(6,7)13-3)14-19(4,5)12-2/h16H,11-15H2,1-10H3. The van der Waals surface area contributed by atoms with Gasteiger partial charge in [-0.2, -0.15) is 22.0 Å². The largest absolute Gasteiger partial charge is 0.459 e. The predicted molar refractivity (Wildman–Crippen MR) is 117 cm³/mol. The highest BCUT2D eigenvalue weighted by Crippen LogP contribution is 2.51. The number of hydrogen-bond acceptors (Lipinski definition) is 4. The topological polar surface area (TPSA) is 52.6 Å². The van der Waals surface area contributed by atoms with Crippen LogP contribution in [0.3, 0.4) is 0 Å². The monoisotopic (exact) mass is 488 g/mol. The molecule has 0 bridgehead atoms. The van der Waals surface area contributed by atoms with Crippen LogP contribution >= 0.6 is 0 Å². The van der Waals surface area contributed by atoms with Gasteiger partial charge in [-0.1, -0.05) is 54.9 Å². The molecule has 2 unspecified atom stereocenters. The Labute approximate surface area is 195 Å². The maximum atomic E-state index is 13.5. The summed E-state index contributed by atoms with van der Waals surface area (Å²) < 4.78 is 73.7. The van der Waals surface area contributed by atoms with E-state index in [-0.39, 0.29) is 11.8 Å². The zero-order valence-corrected chi connectivity index (χ0v) is 21.6. The molecular weight excluding hydrogens is 447 g/mol. The first kappa shape index (κ1) is 31.6. The van der Waals surface area contributed by atoms with Gasteiger partial charge in [0.2, 0.25) is 0 Å². The van der Waals surface area contributed by atoms with Crippen molar-refractivity contribution in [2.75, 3.05) is 6.61 Å². The lowest BCUT2D eigenvalue weighted by Gasteiger charge is -2.47. The number of halogens is 5. The number of carbonyl (C=O) groups is 2. The molecule has 0 aromatic heterocycles. The van der Waals surface area contributed by atoms with Crippen molar-refractivity contribution in [3.05, 3.63) is 0 Å². The maximum Gasteiger partial charge on any atom is 0.456 e. The predicted octanol–water partition coefficient (Wildman–Crippen LogP) is 7.34. The van der Waals surface area contributed by atoms with Crippen LogP contribution in [0.4, 0.5) is 22.0 Å². The summed E-state index contributed by atoms with van der Waals surface area (Å²) in [6.45, 7) is 16.1. The van der Waals surface area contributed by atoms with Crippen molar-refractivity contribution in [3.8, 4) is 0 Å². The number of alkyl halides is 5. The Morgan fingerprint density at radius 3 is 1.67 bits per heavy atom. The average molecular weight is 489 g/mol. The van der Waals surface area contributed by atoms with Crippen LogP contribution in [0.1, 0.15) is 94.9 Å². The Balaban J connectivity index is 5.84. The minimum atomic E-state index is -5.84. The lowest BCUT2D eigenvalue weighted by Crippen LogP contribution is -2.51. The summed E-state index contributed by atoms with van der Waals surface area (Å²) in [6, 6.07) is 0. The lowest BCUT2D eigenvalue weighted by molar-refractivity contribution is -0.294. The Morgan fingerprint density at radius 2 is 1.30 bits per heavy atom.